The highest BCUT2D eigenvalue weighted by molar-refractivity contribution is 5.37. The van der Waals surface area contributed by atoms with Gasteiger partial charge in [-0.1, -0.05) is 25.3 Å². The van der Waals surface area contributed by atoms with Crippen LogP contribution >= 0.6 is 0 Å². The second kappa shape index (κ2) is 5.50. The first-order chi connectivity index (χ1) is 8.18. The van der Waals surface area contributed by atoms with E-state index in [2.05, 4.69) is 17.1 Å². The van der Waals surface area contributed by atoms with Crippen LogP contribution < -0.4 is 10.6 Å². The fourth-order valence-electron chi connectivity index (χ4n) is 2.62. The van der Waals surface area contributed by atoms with Crippen LogP contribution in [0.25, 0.3) is 0 Å². The highest BCUT2D eigenvalue weighted by Gasteiger charge is 2.21. The average molecular weight is 233 g/mol. The van der Waals surface area contributed by atoms with Crippen molar-refractivity contribution < 1.29 is 0 Å². The molecule has 1 atom stereocenters. The van der Waals surface area contributed by atoms with Gasteiger partial charge in [0.1, 0.15) is 5.82 Å². The van der Waals surface area contributed by atoms with Crippen molar-refractivity contribution in [3.05, 3.63) is 23.9 Å². The van der Waals surface area contributed by atoms with E-state index >= 15 is 0 Å². The summed E-state index contributed by atoms with van der Waals surface area (Å²) in [4.78, 5) is 6.45. The van der Waals surface area contributed by atoms with Crippen LogP contribution in [0.4, 0.5) is 5.82 Å². The third kappa shape index (κ3) is 2.97. The van der Waals surface area contributed by atoms with Crippen LogP contribution in [0.5, 0.6) is 0 Å². The summed E-state index contributed by atoms with van der Waals surface area (Å²) in [7, 11) is 4.01. The second-order valence-corrected chi connectivity index (χ2v) is 5.27. The van der Waals surface area contributed by atoms with Crippen molar-refractivity contribution in [2.45, 2.75) is 38.1 Å². The minimum absolute atomic E-state index is 0.166. The van der Waals surface area contributed by atoms with E-state index in [1.165, 1.54) is 37.7 Å². The Morgan fingerprint density at radius 2 is 1.94 bits per heavy atom. The monoisotopic (exact) mass is 233 g/mol. The van der Waals surface area contributed by atoms with Crippen molar-refractivity contribution in [2.24, 2.45) is 11.7 Å². The quantitative estimate of drug-likeness (QED) is 0.873. The Labute approximate surface area is 104 Å². The molecule has 1 unspecified atom stereocenters. The van der Waals surface area contributed by atoms with E-state index in [1.807, 2.05) is 25.2 Å². The van der Waals surface area contributed by atoms with E-state index in [0.29, 0.717) is 5.92 Å². The van der Waals surface area contributed by atoms with Crippen molar-refractivity contribution >= 4 is 5.82 Å². The normalized spacial score (nSPS) is 19.0. The standard InChI is InChI=1S/C14H23N3/c1-17(2)13-9-8-12(10-16-13)14(15)11-6-4-3-5-7-11/h8-11,14H,3-7,15H2,1-2H3. The Morgan fingerprint density at radius 3 is 2.47 bits per heavy atom. The zero-order valence-corrected chi connectivity index (χ0v) is 10.9. The number of nitrogens with two attached hydrogens (primary N) is 1. The molecular formula is C14H23N3. The number of anilines is 1. The van der Waals surface area contributed by atoms with Crippen LogP contribution in [0.3, 0.4) is 0 Å². The summed E-state index contributed by atoms with van der Waals surface area (Å²) >= 11 is 0. The molecule has 2 rings (SSSR count). The summed E-state index contributed by atoms with van der Waals surface area (Å²) in [6.45, 7) is 0. The van der Waals surface area contributed by atoms with Gasteiger partial charge in [0.05, 0.1) is 0 Å². The SMILES string of the molecule is CN(C)c1ccc(C(N)C2CCCCC2)cn1. The maximum Gasteiger partial charge on any atom is 0.127 e. The number of pyridine rings is 1. The minimum Gasteiger partial charge on any atom is -0.363 e. The van der Waals surface area contributed by atoms with Crippen LogP contribution in [-0.4, -0.2) is 19.1 Å². The number of hydrogen-bond acceptors (Lipinski definition) is 3. The second-order valence-electron chi connectivity index (χ2n) is 5.27. The van der Waals surface area contributed by atoms with Gasteiger partial charge in [-0.15, -0.1) is 0 Å². The molecule has 3 nitrogen and oxygen atoms in total. The van der Waals surface area contributed by atoms with Gasteiger partial charge < -0.3 is 10.6 Å². The predicted octanol–water partition coefficient (Wildman–Crippen LogP) is 2.73. The minimum atomic E-state index is 0.166. The first kappa shape index (κ1) is 12.4. The summed E-state index contributed by atoms with van der Waals surface area (Å²) in [6.07, 6.45) is 8.53. The van der Waals surface area contributed by atoms with Crippen molar-refractivity contribution in [3.8, 4) is 0 Å². The van der Waals surface area contributed by atoms with Gasteiger partial charge in [0, 0.05) is 26.3 Å². The van der Waals surface area contributed by atoms with E-state index in [-0.39, 0.29) is 6.04 Å². The van der Waals surface area contributed by atoms with Crippen molar-refractivity contribution in [3.63, 3.8) is 0 Å². The molecule has 0 radical (unpaired) electrons. The zero-order chi connectivity index (χ0) is 12.3. The molecule has 3 heteroatoms. The van der Waals surface area contributed by atoms with Crippen LogP contribution in [0.2, 0.25) is 0 Å². The number of hydrogen-bond donors (Lipinski definition) is 1. The van der Waals surface area contributed by atoms with E-state index in [4.69, 9.17) is 5.73 Å². The van der Waals surface area contributed by atoms with Gasteiger partial charge in [0.25, 0.3) is 0 Å². The smallest absolute Gasteiger partial charge is 0.127 e. The predicted molar refractivity (Wildman–Crippen MR) is 72.1 cm³/mol. The molecule has 1 heterocycles. The largest absolute Gasteiger partial charge is 0.363 e. The van der Waals surface area contributed by atoms with Gasteiger partial charge >= 0.3 is 0 Å². The highest BCUT2D eigenvalue weighted by Crippen LogP contribution is 2.32. The molecule has 1 fully saturated rings. The maximum atomic E-state index is 6.34. The third-order valence-corrected chi connectivity index (χ3v) is 3.77. The molecule has 1 aliphatic carbocycles. The van der Waals surface area contributed by atoms with Crippen LogP contribution in [0.1, 0.15) is 43.7 Å². The Bertz CT molecular complexity index is 339. The van der Waals surface area contributed by atoms with Crippen molar-refractivity contribution in [1.29, 1.82) is 0 Å². The van der Waals surface area contributed by atoms with Gasteiger partial charge in [0.2, 0.25) is 0 Å². The Hall–Kier alpha value is -1.09. The molecule has 0 saturated heterocycles. The lowest BCUT2D eigenvalue weighted by Crippen LogP contribution is -2.23. The lowest BCUT2D eigenvalue weighted by atomic mass is 9.82. The summed E-state index contributed by atoms with van der Waals surface area (Å²) in [5, 5.41) is 0. The summed E-state index contributed by atoms with van der Waals surface area (Å²) in [5.41, 5.74) is 7.53. The third-order valence-electron chi connectivity index (χ3n) is 3.77. The molecular weight excluding hydrogens is 210 g/mol. The first-order valence-electron chi connectivity index (χ1n) is 6.57. The van der Waals surface area contributed by atoms with Gasteiger partial charge in [-0.05, 0) is 30.4 Å². The number of nitrogens with zero attached hydrogens (tertiary/aromatic N) is 2. The van der Waals surface area contributed by atoms with Crippen LogP contribution in [0.15, 0.2) is 18.3 Å². The summed E-state index contributed by atoms with van der Waals surface area (Å²) in [5.74, 6) is 1.64. The van der Waals surface area contributed by atoms with Crippen LogP contribution in [0, 0.1) is 5.92 Å². The van der Waals surface area contributed by atoms with Gasteiger partial charge in [-0.3, -0.25) is 0 Å². The van der Waals surface area contributed by atoms with Gasteiger partial charge in [0.15, 0.2) is 0 Å². The fourth-order valence-corrected chi connectivity index (χ4v) is 2.62. The lowest BCUT2D eigenvalue weighted by Gasteiger charge is -2.27. The molecule has 1 aromatic rings. The van der Waals surface area contributed by atoms with E-state index < -0.39 is 0 Å². The summed E-state index contributed by atoms with van der Waals surface area (Å²) in [6, 6.07) is 4.35. The average Bonchev–Trinajstić information content (AvgIpc) is 2.39. The first-order valence-corrected chi connectivity index (χ1v) is 6.57. The molecule has 0 bridgehead atoms. The molecule has 1 saturated carbocycles. The van der Waals surface area contributed by atoms with E-state index in [9.17, 15) is 0 Å². The van der Waals surface area contributed by atoms with Crippen LogP contribution in [-0.2, 0) is 0 Å². The molecule has 0 spiro atoms. The molecule has 94 valence electrons. The molecule has 17 heavy (non-hydrogen) atoms. The Morgan fingerprint density at radius 1 is 1.24 bits per heavy atom. The molecule has 0 amide bonds. The fraction of sp³-hybridized carbons (Fsp3) is 0.643. The topological polar surface area (TPSA) is 42.1 Å². The molecule has 0 aliphatic heterocycles. The molecule has 1 aromatic heterocycles. The summed E-state index contributed by atoms with van der Waals surface area (Å²) < 4.78 is 0. The van der Waals surface area contributed by atoms with Crippen molar-refractivity contribution in [2.75, 3.05) is 19.0 Å². The van der Waals surface area contributed by atoms with E-state index in [1.54, 1.807) is 0 Å². The van der Waals surface area contributed by atoms with Crippen molar-refractivity contribution in [1.82, 2.24) is 4.98 Å². The Kier molecular flexibility index (Phi) is 4.00. The maximum absolute atomic E-state index is 6.34. The molecule has 2 N–H and O–H groups in total. The molecule has 1 aliphatic rings. The lowest BCUT2D eigenvalue weighted by molar-refractivity contribution is 0.308. The molecule has 0 aromatic carbocycles. The van der Waals surface area contributed by atoms with Gasteiger partial charge in [-0.25, -0.2) is 4.98 Å². The highest BCUT2D eigenvalue weighted by atomic mass is 15.1. The zero-order valence-electron chi connectivity index (χ0n) is 10.9. The number of aromatic nitrogens is 1. The van der Waals surface area contributed by atoms with E-state index in [0.717, 1.165) is 5.82 Å². The van der Waals surface area contributed by atoms with Gasteiger partial charge in [-0.2, -0.15) is 0 Å². The number of rotatable bonds is 3. The Balaban J connectivity index is 2.05.